The van der Waals surface area contributed by atoms with Crippen molar-refractivity contribution in [3.8, 4) is 0 Å². The predicted molar refractivity (Wildman–Crippen MR) is 88.8 cm³/mol. The van der Waals surface area contributed by atoms with Crippen LogP contribution < -0.4 is 10.6 Å². The number of benzene rings is 1. The molecule has 2 rings (SSSR count). The molecular weight excluding hydrogens is 294 g/mol. The molecule has 1 aromatic carbocycles. The van der Waals surface area contributed by atoms with Crippen molar-refractivity contribution in [2.24, 2.45) is 5.92 Å². The second-order valence-electron chi connectivity index (χ2n) is 5.47. The maximum Gasteiger partial charge on any atom is 0.337 e. The van der Waals surface area contributed by atoms with E-state index in [4.69, 9.17) is 0 Å². The van der Waals surface area contributed by atoms with Gasteiger partial charge in [-0.2, -0.15) is 10.1 Å². The summed E-state index contributed by atoms with van der Waals surface area (Å²) in [6.07, 6.45) is 2.65. The van der Waals surface area contributed by atoms with E-state index in [9.17, 15) is 4.79 Å². The van der Waals surface area contributed by atoms with Gasteiger partial charge in [0.1, 0.15) is 0 Å². The molecule has 7 nitrogen and oxygen atoms in total. The van der Waals surface area contributed by atoms with Gasteiger partial charge >= 0.3 is 5.97 Å². The van der Waals surface area contributed by atoms with E-state index in [-0.39, 0.29) is 5.97 Å². The lowest BCUT2D eigenvalue weighted by atomic mass is 10.1. The van der Waals surface area contributed by atoms with Gasteiger partial charge in [0, 0.05) is 12.2 Å². The average Bonchev–Trinajstić information content (AvgIpc) is 2.55. The van der Waals surface area contributed by atoms with Crippen LogP contribution in [0.15, 0.2) is 30.5 Å². The Labute approximate surface area is 135 Å². The zero-order valence-corrected chi connectivity index (χ0v) is 13.5. The number of ether oxygens (including phenoxy) is 1. The molecule has 0 saturated heterocycles. The first-order valence-electron chi connectivity index (χ1n) is 7.47. The minimum atomic E-state index is -0.370. The third-order valence-electron chi connectivity index (χ3n) is 3.15. The molecule has 122 valence electrons. The maximum absolute atomic E-state index is 11.4. The minimum Gasteiger partial charge on any atom is -0.465 e. The molecule has 0 radical (unpaired) electrons. The van der Waals surface area contributed by atoms with Crippen LogP contribution >= 0.6 is 0 Å². The molecule has 0 bridgehead atoms. The van der Waals surface area contributed by atoms with Crippen molar-refractivity contribution in [2.45, 2.75) is 20.3 Å². The molecule has 0 unspecified atom stereocenters. The lowest BCUT2D eigenvalue weighted by Gasteiger charge is -2.09. The molecule has 0 saturated carbocycles. The smallest absolute Gasteiger partial charge is 0.337 e. The van der Waals surface area contributed by atoms with Crippen molar-refractivity contribution < 1.29 is 9.53 Å². The first-order chi connectivity index (χ1) is 11.1. The number of carbonyl (C=O) groups is 1. The number of rotatable bonds is 7. The van der Waals surface area contributed by atoms with Gasteiger partial charge in [-0.3, -0.25) is 0 Å². The number of methoxy groups -OCH3 is 1. The monoisotopic (exact) mass is 315 g/mol. The molecule has 0 spiro atoms. The van der Waals surface area contributed by atoms with E-state index in [1.807, 2.05) is 0 Å². The van der Waals surface area contributed by atoms with Crippen LogP contribution in [0.1, 0.15) is 30.6 Å². The summed E-state index contributed by atoms with van der Waals surface area (Å²) >= 11 is 0. The fraction of sp³-hybridized carbons (Fsp3) is 0.375. The van der Waals surface area contributed by atoms with Crippen LogP contribution in [0, 0.1) is 5.92 Å². The van der Waals surface area contributed by atoms with E-state index in [0.717, 1.165) is 18.7 Å². The van der Waals surface area contributed by atoms with E-state index in [1.165, 1.54) is 7.11 Å². The molecule has 0 amide bonds. The molecule has 0 fully saturated rings. The minimum absolute atomic E-state index is 0.370. The maximum atomic E-state index is 11.4. The molecule has 1 aromatic heterocycles. The van der Waals surface area contributed by atoms with Gasteiger partial charge in [-0.25, -0.2) is 4.79 Å². The van der Waals surface area contributed by atoms with Gasteiger partial charge in [0.25, 0.3) is 0 Å². The van der Waals surface area contributed by atoms with Crippen molar-refractivity contribution >= 4 is 23.4 Å². The summed E-state index contributed by atoms with van der Waals surface area (Å²) in [7, 11) is 1.35. The summed E-state index contributed by atoms with van der Waals surface area (Å²) in [6.45, 7) is 5.18. The summed E-state index contributed by atoms with van der Waals surface area (Å²) in [5.74, 6) is 1.33. The number of nitrogens with zero attached hydrogens (tertiary/aromatic N) is 3. The normalized spacial score (nSPS) is 10.4. The van der Waals surface area contributed by atoms with Gasteiger partial charge in [-0.1, -0.05) is 13.8 Å². The number of carbonyl (C=O) groups excluding carboxylic acids is 1. The zero-order valence-electron chi connectivity index (χ0n) is 13.5. The number of nitrogens with one attached hydrogen (secondary N) is 2. The number of aromatic nitrogens is 3. The van der Waals surface area contributed by atoms with Crippen LogP contribution in [0.5, 0.6) is 0 Å². The topological polar surface area (TPSA) is 89.0 Å². The number of hydrogen-bond donors (Lipinski definition) is 2. The Morgan fingerprint density at radius 1 is 1.26 bits per heavy atom. The molecule has 0 aliphatic heterocycles. The van der Waals surface area contributed by atoms with E-state index in [2.05, 4.69) is 44.4 Å². The summed E-state index contributed by atoms with van der Waals surface area (Å²) in [5.41, 5.74) is 1.25. The highest BCUT2D eigenvalue weighted by Gasteiger charge is 2.06. The summed E-state index contributed by atoms with van der Waals surface area (Å²) in [5, 5.41) is 14.1. The Bertz CT molecular complexity index is 643. The van der Waals surface area contributed by atoms with Crippen molar-refractivity contribution in [1.82, 2.24) is 15.2 Å². The highest BCUT2D eigenvalue weighted by molar-refractivity contribution is 5.89. The van der Waals surface area contributed by atoms with Crippen molar-refractivity contribution in [3.63, 3.8) is 0 Å². The molecular formula is C16H21N5O2. The Balaban J connectivity index is 1.98. The molecule has 0 aliphatic rings. The highest BCUT2D eigenvalue weighted by Crippen LogP contribution is 2.15. The Morgan fingerprint density at radius 3 is 2.65 bits per heavy atom. The van der Waals surface area contributed by atoms with Crippen molar-refractivity contribution in [2.75, 3.05) is 24.3 Å². The van der Waals surface area contributed by atoms with Crippen LogP contribution in [0.2, 0.25) is 0 Å². The second-order valence-corrected chi connectivity index (χ2v) is 5.47. The van der Waals surface area contributed by atoms with E-state index >= 15 is 0 Å². The van der Waals surface area contributed by atoms with Gasteiger partial charge in [0.05, 0.1) is 18.9 Å². The van der Waals surface area contributed by atoms with Crippen molar-refractivity contribution in [1.29, 1.82) is 0 Å². The summed E-state index contributed by atoms with van der Waals surface area (Å²) in [4.78, 5) is 15.7. The number of anilines is 3. The fourth-order valence-electron chi connectivity index (χ4n) is 1.87. The van der Waals surface area contributed by atoms with E-state index in [1.54, 1.807) is 30.5 Å². The third-order valence-corrected chi connectivity index (χ3v) is 3.15. The quantitative estimate of drug-likeness (QED) is 0.759. The standard InChI is InChI=1S/C16H21N5O2/c1-11(2)8-9-17-14-10-18-21-16(20-14)19-13-6-4-12(5-7-13)15(22)23-3/h4-7,10-11H,8-9H2,1-3H3,(H2,17,19,20,21). The average molecular weight is 315 g/mol. The summed E-state index contributed by atoms with van der Waals surface area (Å²) in [6, 6.07) is 6.86. The Morgan fingerprint density at radius 2 is 2.00 bits per heavy atom. The SMILES string of the molecule is COC(=O)c1ccc(Nc2nncc(NCCC(C)C)n2)cc1. The molecule has 0 aliphatic carbocycles. The van der Waals surface area contributed by atoms with Gasteiger partial charge in [0.2, 0.25) is 5.95 Å². The predicted octanol–water partition coefficient (Wildman–Crippen LogP) is 2.86. The Hall–Kier alpha value is -2.70. The van der Waals surface area contributed by atoms with Crippen molar-refractivity contribution in [3.05, 3.63) is 36.0 Å². The lowest BCUT2D eigenvalue weighted by molar-refractivity contribution is 0.0601. The second kappa shape index (κ2) is 8.07. The molecule has 2 aromatic rings. The zero-order chi connectivity index (χ0) is 16.7. The van der Waals surface area contributed by atoms with Gasteiger partial charge in [0.15, 0.2) is 5.82 Å². The molecule has 7 heteroatoms. The fourth-order valence-corrected chi connectivity index (χ4v) is 1.87. The first-order valence-corrected chi connectivity index (χ1v) is 7.47. The third kappa shape index (κ3) is 5.21. The lowest BCUT2D eigenvalue weighted by Crippen LogP contribution is -2.08. The van der Waals surface area contributed by atoms with Gasteiger partial charge in [-0.15, -0.1) is 5.10 Å². The van der Waals surface area contributed by atoms with Crippen LogP contribution in [-0.2, 0) is 4.74 Å². The largest absolute Gasteiger partial charge is 0.465 e. The van der Waals surface area contributed by atoms with Crippen LogP contribution in [-0.4, -0.2) is 34.8 Å². The van der Waals surface area contributed by atoms with Crippen LogP contribution in [0.25, 0.3) is 0 Å². The molecule has 2 N–H and O–H groups in total. The van der Waals surface area contributed by atoms with Crippen LogP contribution in [0.4, 0.5) is 17.5 Å². The van der Waals surface area contributed by atoms with E-state index < -0.39 is 0 Å². The van der Waals surface area contributed by atoms with Gasteiger partial charge < -0.3 is 15.4 Å². The summed E-state index contributed by atoms with van der Waals surface area (Å²) < 4.78 is 4.66. The highest BCUT2D eigenvalue weighted by atomic mass is 16.5. The first kappa shape index (κ1) is 16.7. The molecule has 23 heavy (non-hydrogen) atoms. The van der Waals surface area contributed by atoms with Crippen LogP contribution in [0.3, 0.4) is 0 Å². The Kier molecular flexibility index (Phi) is 5.85. The number of hydrogen-bond acceptors (Lipinski definition) is 7. The van der Waals surface area contributed by atoms with Gasteiger partial charge in [-0.05, 0) is 36.6 Å². The molecule has 0 atom stereocenters. The number of esters is 1. The van der Waals surface area contributed by atoms with E-state index in [0.29, 0.717) is 23.2 Å². The molecule has 1 heterocycles.